The molecule has 3 amide bonds. The molecule has 3 atom stereocenters. The van der Waals surface area contributed by atoms with Crippen molar-refractivity contribution in [3.63, 3.8) is 0 Å². The van der Waals surface area contributed by atoms with Crippen LogP contribution in [-0.2, 0) is 27.1 Å². The number of rotatable bonds is 5. The van der Waals surface area contributed by atoms with Crippen molar-refractivity contribution in [3.8, 4) is 5.75 Å². The van der Waals surface area contributed by atoms with Crippen molar-refractivity contribution in [3.05, 3.63) is 104 Å². The van der Waals surface area contributed by atoms with Gasteiger partial charge in [0.05, 0.1) is 22.2 Å². The molecule has 3 heterocycles. The number of carbonyl (C=O) groups is 3. The van der Waals surface area contributed by atoms with Gasteiger partial charge in [0.2, 0.25) is 17.7 Å². The smallest absolute Gasteiger partial charge is 0.416 e. The molecule has 6 rings (SSSR count). The first-order valence-electron chi connectivity index (χ1n) is 13.0. The average Bonchev–Trinajstić information content (AvgIpc) is 3.40. The number of fused-ring (bicyclic) bond motifs is 2. The van der Waals surface area contributed by atoms with Crippen molar-refractivity contribution in [2.75, 3.05) is 10.2 Å². The summed E-state index contributed by atoms with van der Waals surface area (Å²) in [5.41, 5.74) is 0.857. The number of thiazole rings is 1. The summed E-state index contributed by atoms with van der Waals surface area (Å²) in [6.07, 6.45) is -4.68. The number of benzene rings is 3. The Morgan fingerprint density at radius 3 is 2.35 bits per heavy atom. The monoisotopic (exact) mass is 625 g/mol. The molecule has 3 aromatic carbocycles. The van der Waals surface area contributed by atoms with Crippen LogP contribution in [0.5, 0.6) is 5.75 Å². The minimum Gasteiger partial charge on any atom is -0.508 e. The van der Waals surface area contributed by atoms with Crippen LogP contribution in [0.1, 0.15) is 27.5 Å². The van der Waals surface area contributed by atoms with Crippen LogP contribution in [0, 0.1) is 12.8 Å². The molecule has 13 heteroatoms. The third-order valence-electron chi connectivity index (χ3n) is 7.37. The fourth-order valence-corrected chi connectivity index (χ4v) is 8.13. The van der Waals surface area contributed by atoms with Crippen molar-refractivity contribution in [2.45, 2.75) is 35.8 Å². The van der Waals surface area contributed by atoms with Crippen LogP contribution in [0.3, 0.4) is 0 Å². The van der Waals surface area contributed by atoms with Gasteiger partial charge in [0.25, 0.3) is 0 Å². The van der Waals surface area contributed by atoms with E-state index in [4.69, 9.17) is 0 Å². The Labute approximate surface area is 250 Å². The minimum absolute atomic E-state index is 0.0383. The Hall–Kier alpha value is -4.36. The first-order chi connectivity index (χ1) is 20.4. The largest absolute Gasteiger partial charge is 0.508 e. The Balaban J connectivity index is 1.40. The van der Waals surface area contributed by atoms with E-state index in [1.807, 2.05) is 19.1 Å². The lowest BCUT2D eigenvalue weighted by atomic mass is 9.83. The quantitative estimate of drug-likeness (QED) is 0.289. The van der Waals surface area contributed by atoms with Gasteiger partial charge in [0.1, 0.15) is 17.5 Å². The van der Waals surface area contributed by atoms with Crippen LogP contribution >= 0.6 is 23.1 Å². The number of hydrogen-bond acceptors (Lipinski definition) is 7. The first kappa shape index (κ1) is 28.7. The molecular weight excluding hydrogens is 603 g/mol. The Morgan fingerprint density at radius 2 is 1.67 bits per heavy atom. The minimum atomic E-state index is -4.68. The molecule has 0 aliphatic carbocycles. The van der Waals surface area contributed by atoms with E-state index in [-0.39, 0.29) is 18.0 Å². The highest BCUT2D eigenvalue weighted by molar-refractivity contribution is 8.00. The summed E-state index contributed by atoms with van der Waals surface area (Å²) in [6.45, 7) is 1.55. The van der Waals surface area contributed by atoms with Crippen molar-refractivity contribution < 1.29 is 32.7 Å². The Morgan fingerprint density at radius 1 is 0.977 bits per heavy atom. The van der Waals surface area contributed by atoms with Crippen LogP contribution in [-0.4, -0.2) is 32.6 Å². The number of aromatic hydroxyl groups is 1. The highest BCUT2D eigenvalue weighted by Crippen LogP contribution is 2.54. The summed E-state index contributed by atoms with van der Waals surface area (Å²) in [6, 6.07) is 17.1. The van der Waals surface area contributed by atoms with Crippen LogP contribution in [0.4, 0.5) is 24.5 Å². The van der Waals surface area contributed by atoms with Gasteiger partial charge in [0.15, 0.2) is 0 Å². The number of alkyl halides is 3. The molecule has 1 aromatic heterocycles. The summed E-state index contributed by atoms with van der Waals surface area (Å²) in [5.74, 6) is -3.80. The second kappa shape index (κ2) is 10.7. The number of nitrogens with one attached hydrogen (secondary N) is 1. The van der Waals surface area contributed by atoms with Crippen molar-refractivity contribution in [2.24, 2.45) is 5.92 Å². The molecule has 2 aliphatic rings. The van der Waals surface area contributed by atoms with E-state index in [1.165, 1.54) is 22.8 Å². The van der Waals surface area contributed by atoms with Gasteiger partial charge in [-0.2, -0.15) is 13.2 Å². The summed E-state index contributed by atoms with van der Waals surface area (Å²) >= 11 is 1.80. The molecule has 4 aromatic rings. The maximum Gasteiger partial charge on any atom is 0.416 e. The number of nitrogens with zero attached hydrogens (tertiary/aromatic N) is 2. The maximum atomic E-state index is 13.9. The number of phenols is 1. The molecule has 43 heavy (non-hydrogen) atoms. The number of aromatic nitrogens is 1. The second-order valence-electron chi connectivity index (χ2n) is 10.2. The molecule has 0 radical (unpaired) electrons. The molecule has 0 bridgehead atoms. The Bertz CT molecular complexity index is 1820. The van der Waals surface area contributed by atoms with Gasteiger partial charge >= 0.3 is 11.0 Å². The number of aryl methyl sites for hydroxylation is 1. The zero-order chi connectivity index (χ0) is 30.6. The van der Waals surface area contributed by atoms with Crippen molar-refractivity contribution >= 4 is 52.2 Å². The van der Waals surface area contributed by atoms with E-state index < -0.39 is 51.4 Å². The van der Waals surface area contributed by atoms with Crippen LogP contribution in [0.2, 0.25) is 0 Å². The Kier molecular flexibility index (Phi) is 7.17. The van der Waals surface area contributed by atoms with E-state index in [0.717, 1.165) is 51.8 Å². The lowest BCUT2D eigenvalue weighted by Crippen LogP contribution is -2.33. The lowest BCUT2D eigenvalue weighted by Gasteiger charge is -2.30. The zero-order valence-corrected chi connectivity index (χ0v) is 23.9. The molecule has 2 N–H and O–H groups in total. The normalized spacial score (nSPS) is 19.7. The van der Waals surface area contributed by atoms with Gasteiger partial charge in [0, 0.05) is 16.5 Å². The number of carbonyl (C=O) groups excluding carboxylic acids is 3. The third-order valence-corrected chi connectivity index (χ3v) is 9.97. The van der Waals surface area contributed by atoms with Crippen molar-refractivity contribution in [1.29, 1.82) is 0 Å². The number of anilines is 2. The number of halogens is 3. The number of hydrogen-bond donors (Lipinski definition) is 2. The molecule has 2 aliphatic heterocycles. The van der Waals surface area contributed by atoms with Crippen molar-refractivity contribution in [1.82, 2.24) is 4.57 Å². The van der Waals surface area contributed by atoms with Crippen LogP contribution in [0.15, 0.2) is 82.6 Å². The highest BCUT2D eigenvalue weighted by Gasteiger charge is 2.57. The first-order valence-corrected chi connectivity index (χ1v) is 14.7. The lowest BCUT2D eigenvalue weighted by molar-refractivity contribution is -0.137. The molecule has 0 saturated carbocycles. The zero-order valence-electron chi connectivity index (χ0n) is 22.3. The average molecular weight is 626 g/mol. The fourth-order valence-electron chi connectivity index (χ4n) is 5.35. The molecule has 8 nitrogen and oxygen atoms in total. The molecule has 0 spiro atoms. The predicted octanol–water partition coefficient (Wildman–Crippen LogP) is 5.38. The predicted molar refractivity (Wildman–Crippen MR) is 155 cm³/mol. The summed E-state index contributed by atoms with van der Waals surface area (Å²) in [7, 11) is 0. The summed E-state index contributed by atoms with van der Waals surface area (Å²) in [5, 5.41) is 11.9. The number of imide groups is 1. The van der Waals surface area contributed by atoms with Crippen LogP contribution in [0.25, 0.3) is 0 Å². The fraction of sp³-hybridized carbons (Fsp3) is 0.200. The van der Waals surface area contributed by atoms with Gasteiger partial charge < -0.3 is 10.4 Å². The van der Waals surface area contributed by atoms with Gasteiger partial charge in [-0.25, -0.2) is 4.90 Å². The van der Waals surface area contributed by atoms with Gasteiger partial charge in [-0.1, -0.05) is 59.0 Å². The van der Waals surface area contributed by atoms with E-state index in [2.05, 4.69) is 5.32 Å². The maximum absolute atomic E-state index is 13.9. The van der Waals surface area contributed by atoms with E-state index in [1.54, 1.807) is 24.3 Å². The molecule has 2 unspecified atom stereocenters. The molecule has 1 saturated heterocycles. The van der Waals surface area contributed by atoms with Gasteiger partial charge in [-0.3, -0.25) is 23.7 Å². The molecule has 1 fully saturated rings. The molecular formula is C30H22F3N3O5S2. The number of amides is 3. The topological polar surface area (TPSA) is 109 Å². The standard InChI is InChI=1S/C30H22F3N3O5S2/c1-15-5-9-18(10-6-15)34-21(38)14-35-28-25(43-29(35)41)22(16-7-11-20(37)12-8-16)23-24(42-28)27(40)36(26(23)39)19-4-2-3-17(13-19)30(31,32)33/h2-13,22-24,37H,14H2,1H3,(H,34,38)/t22-,23?,24?/m0/s1. The highest BCUT2D eigenvalue weighted by atomic mass is 32.2. The van der Waals surface area contributed by atoms with Gasteiger partial charge in [-0.15, -0.1) is 0 Å². The summed E-state index contributed by atoms with van der Waals surface area (Å²) < 4.78 is 41.6. The van der Waals surface area contributed by atoms with E-state index in [9.17, 15) is 37.5 Å². The number of thioether (sulfide) groups is 1. The summed E-state index contributed by atoms with van der Waals surface area (Å²) in [4.78, 5) is 54.6. The van der Waals surface area contributed by atoms with E-state index in [0.29, 0.717) is 21.2 Å². The number of phenolic OH excluding ortho intramolecular Hbond substituents is 1. The SMILES string of the molecule is Cc1ccc(NC(=O)Cn2c3c(sc2=O)[C@@H](c2ccc(O)cc2)C2C(=O)N(c4cccc(C(F)(F)F)c4)C(=O)C2S3)cc1. The van der Waals surface area contributed by atoms with E-state index >= 15 is 0 Å². The third kappa shape index (κ3) is 5.23. The molecule has 220 valence electrons. The van der Waals surface area contributed by atoms with Crippen LogP contribution < -0.4 is 15.1 Å². The van der Waals surface area contributed by atoms with Gasteiger partial charge in [-0.05, 0) is 55.0 Å². The second-order valence-corrected chi connectivity index (χ2v) is 12.4.